The maximum Gasteiger partial charge on any atom is 0.227 e. The SMILES string of the molecule is CCNC(=NCc1ccnc(N2CCN(C)CC2)c1)NCc1ccc(N2CCCC2=O)cc1.I. The Morgan fingerprint density at radius 2 is 1.79 bits per heavy atom. The van der Waals surface area contributed by atoms with Gasteiger partial charge in [-0.3, -0.25) is 4.79 Å². The van der Waals surface area contributed by atoms with E-state index in [9.17, 15) is 4.79 Å². The van der Waals surface area contributed by atoms with Gasteiger partial charge in [0.25, 0.3) is 0 Å². The zero-order valence-corrected chi connectivity index (χ0v) is 22.5. The molecule has 34 heavy (non-hydrogen) atoms. The van der Waals surface area contributed by atoms with Crippen molar-refractivity contribution in [1.29, 1.82) is 0 Å². The highest BCUT2D eigenvalue weighted by Crippen LogP contribution is 2.21. The number of likely N-dealkylation sites (N-methyl/N-ethyl adjacent to an activating group) is 1. The number of guanidine groups is 1. The van der Waals surface area contributed by atoms with Gasteiger partial charge >= 0.3 is 0 Å². The van der Waals surface area contributed by atoms with Crippen LogP contribution in [0, 0.1) is 0 Å². The zero-order chi connectivity index (χ0) is 23.0. The highest BCUT2D eigenvalue weighted by molar-refractivity contribution is 14.0. The minimum Gasteiger partial charge on any atom is -0.357 e. The Kier molecular flexibility index (Phi) is 9.94. The summed E-state index contributed by atoms with van der Waals surface area (Å²) in [6, 6.07) is 12.4. The largest absolute Gasteiger partial charge is 0.357 e. The second-order valence-corrected chi connectivity index (χ2v) is 8.68. The molecule has 0 radical (unpaired) electrons. The van der Waals surface area contributed by atoms with Crippen LogP contribution in [0.1, 0.15) is 30.9 Å². The van der Waals surface area contributed by atoms with Gasteiger partial charge in [-0.05, 0) is 55.8 Å². The molecule has 0 bridgehead atoms. The summed E-state index contributed by atoms with van der Waals surface area (Å²) in [6.07, 6.45) is 3.48. The van der Waals surface area contributed by atoms with Gasteiger partial charge in [-0.2, -0.15) is 0 Å². The number of hydrogen-bond acceptors (Lipinski definition) is 5. The summed E-state index contributed by atoms with van der Waals surface area (Å²) < 4.78 is 0. The molecule has 2 aliphatic heterocycles. The molecule has 9 heteroatoms. The number of anilines is 2. The molecule has 2 saturated heterocycles. The summed E-state index contributed by atoms with van der Waals surface area (Å²) >= 11 is 0. The van der Waals surface area contributed by atoms with Gasteiger partial charge in [-0.25, -0.2) is 9.98 Å². The van der Waals surface area contributed by atoms with Crippen molar-refractivity contribution in [3.8, 4) is 0 Å². The highest BCUT2D eigenvalue weighted by atomic mass is 127. The maximum absolute atomic E-state index is 11.9. The summed E-state index contributed by atoms with van der Waals surface area (Å²) in [5.74, 6) is 2.04. The van der Waals surface area contributed by atoms with Crippen LogP contribution in [0.5, 0.6) is 0 Å². The molecule has 0 aliphatic carbocycles. The van der Waals surface area contributed by atoms with Crippen molar-refractivity contribution in [3.63, 3.8) is 0 Å². The van der Waals surface area contributed by atoms with Crippen molar-refractivity contribution in [2.24, 2.45) is 4.99 Å². The fraction of sp³-hybridized carbons (Fsp3) is 0.480. The summed E-state index contributed by atoms with van der Waals surface area (Å²) in [7, 11) is 2.16. The third-order valence-corrected chi connectivity index (χ3v) is 6.18. The van der Waals surface area contributed by atoms with E-state index in [1.807, 2.05) is 29.3 Å². The molecule has 2 aliphatic rings. The molecular weight excluding hydrogens is 541 g/mol. The Labute approximate surface area is 219 Å². The quantitative estimate of drug-likeness (QED) is 0.300. The number of aromatic nitrogens is 1. The molecule has 1 aromatic carbocycles. The number of carbonyl (C=O) groups is 1. The van der Waals surface area contributed by atoms with E-state index >= 15 is 0 Å². The number of carbonyl (C=O) groups excluding carboxylic acids is 1. The summed E-state index contributed by atoms with van der Waals surface area (Å²) in [5.41, 5.74) is 3.28. The molecule has 3 heterocycles. The van der Waals surface area contributed by atoms with Crippen molar-refractivity contribution in [2.45, 2.75) is 32.9 Å². The highest BCUT2D eigenvalue weighted by Gasteiger charge is 2.21. The Balaban J connectivity index is 0.00000324. The fourth-order valence-corrected chi connectivity index (χ4v) is 4.18. The minimum absolute atomic E-state index is 0. The summed E-state index contributed by atoms with van der Waals surface area (Å²) in [6.45, 7) is 9.08. The van der Waals surface area contributed by atoms with Gasteiger partial charge in [0.1, 0.15) is 5.82 Å². The normalized spacial score (nSPS) is 17.0. The number of rotatable bonds is 7. The third kappa shape index (κ3) is 7.05. The molecule has 1 amide bonds. The van der Waals surface area contributed by atoms with Gasteiger partial charge in [0.05, 0.1) is 6.54 Å². The first-order chi connectivity index (χ1) is 16.1. The molecule has 0 spiro atoms. The van der Waals surface area contributed by atoms with Gasteiger partial charge in [0, 0.05) is 64.1 Å². The lowest BCUT2D eigenvalue weighted by molar-refractivity contribution is -0.117. The average Bonchev–Trinajstić information content (AvgIpc) is 3.27. The Hall–Kier alpha value is -2.40. The Bertz CT molecular complexity index is 958. The van der Waals surface area contributed by atoms with Crippen molar-refractivity contribution in [1.82, 2.24) is 20.5 Å². The average molecular weight is 578 g/mol. The predicted molar refractivity (Wildman–Crippen MR) is 149 cm³/mol. The number of nitrogens with zero attached hydrogens (tertiary/aromatic N) is 5. The number of nitrogens with one attached hydrogen (secondary N) is 2. The smallest absolute Gasteiger partial charge is 0.227 e. The van der Waals surface area contributed by atoms with Crippen LogP contribution in [0.3, 0.4) is 0 Å². The number of hydrogen-bond donors (Lipinski definition) is 2. The van der Waals surface area contributed by atoms with E-state index in [0.717, 1.165) is 74.3 Å². The molecule has 8 nitrogen and oxygen atoms in total. The van der Waals surface area contributed by atoms with Crippen LogP contribution in [0.2, 0.25) is 0 Å². The lowest BCUT2D eigenvalue weighted by Gasteiger charge is -2.33. The predicted octanol–water partition coefficient (Wildman–Crippen LogP) is 2.83. The van der Waals surface area contributed by atoms with Gasteiger partial charge in [0.15, 0.2) is 5.96 Å². The molecule has 184 valence electrons. The molecule has 4 rings (SSSR count). The molecule has 2 aromatic rings. The molecule has 0 saturated carbocycles. The van der Waals surface area contributed by atoms with E-state index in [2.05, 4.69) is 57.6 Å². The molecule has 0 unspecified atom stereocenters. The lowest BCUT2D eigenvalue weighted by Crippen LogP contribution is -2.44. The van der Waals surface area contributed by atoms with Crippen molar-refractivity contribution >= 4 is 47.3 Å². The number of pyridine rings is 1. The van der Waals surface area contributed by atoms with Gasteiger partial charge in [-0.1, -0.05) is 12.1 Å². The van der Waals surface area contributed by atoms with Gasteiger partial charge in [0.2, 0.25) is 5.91 Å². The van der Waals surface area contributed by atoms with E-state index in [-0.39, 0.29) is 29.9 Å². The van der Waals surface area contributed by atoms with Crippen molar-refractivity contribution in [2.75, 3.05) is 56.1 Å². The number of aliphatic imine (C=N–C) groups is 1. The molecular formula is C25H36IN7O. The minimum atomic E-state index is 0. The number of amides is 1. The molecule has 1 aromatic heterocycles. The standard InChI is InChI=1S/C25H35N7O.HI/c1-3-26-25(28-18-20-6-8-22(9-7-20)32-12-4-5-24(32)33)29-19-21-10-11-27-23(17-21)31-15-13-30(2)14-16-31;/h6-11,17H,3-5,12-16,18-19H2,1-2H3,(H2,26,28,29);1H. The summed E-state index contributed by atoms with van der Waals surface area (Å²) in [4.78, 5) is 27.8. The number of piperazine rings is 1. The molecule has 2 fully saturated rings. The van der Waals surface area contributed by atoms with Crippen LogP contribution < -0.4 is 20.4 Å². The number of halogens is 1. The van der Waals surface area contributed by atoms with Crippen LogP contribution in [-0.4, -0.2) is 68.1 Å². The first-order valence-corrected chi connectivity index (χ1v) is 11.9. The van der Waals surface area contributed by atoms with E-state index in [1.54, 1.807) is 0 Å². The van der Waals surface area contributed by atoms with Crippen LogP contribution >= 0.6 is 24.0 Å². The van der Waals surface area contributed by atoms with Crippen LogP contribution in [0.4, 0.5) is 11.5 Å². The topological polar surface area (TPSA) is 76.1 Å². The third-order valence-electron chi connectivity index (χ3n) is 6.18. The second kappa shape index (κ2) is 12.9. The molecule has 2 N–H and O–H groups in total. The zero-order valence-electron chi connectivity index (χ0n) is 20.2. The van der Waals surface area contributed by atoms with E-state index in [4.69, 9.17) is 4.99 Å². The Morgan fingerprint density at radius 3 is 2.47 bits per heavy atom. The number of benzene rings is 1. The van der Waals surface area contributed by atoms with Crippen LogP contribution in [-0.2, 0) is 17.9 Å². The van der Waals surface area contributed by atoms with Crippen molar-refractivity contribution < 1.29 is 4.79 Å². The monoisotopic (exact) mass is 577 g/mol. The first-order valence-electron chi connectivity index (χ1n) is 11.9. The van der Waals surface area contributed by atoms with Gasteiger partial charge in [-0.15, -0.1) is 24.0 Å². The lowest BCUT2D eigenvalue weighted by atomic mass is 10.2. The van der Waals surface area contributed by atoms with Crippen LogP contribution in [0.15, 0.2) is 47.6 Å². The summed E-state index contributed by atoms with van der Waals surface area (Å²) in [5, 5.41) is 6.74. The van der Waals surface area contributed by atoms with Gasteiger partial charge < -0.3 is 25.3 Å². The fourth-order valence-electron chi connectivity index (χ4n) is 4.18. The van der Waals surface area contributed by atoms with E-state index in [1.165, 1.54) is 0 Å². The second-order valence-electron chi connectivity index (χ2n) is 8.68. The van der Waals surface area contributed by atoms with Crippen LogP contribution in [0.25, 0.3) is 0 Å². The van der Waals surface area contributed by atoms with E-state index < -0.39 is 0 Å². The van der Waals surface area contributed by atoms with Crippen molar-refractivity contribution in [3.05, 3.63) is 53.7 Å². The van der Waals surface area contributed by atoms with E-state index in [0.29, 0.717) is 19.5 Å². The molecule has 0 atom stereocenters. The first kappa shape index (κ1) is 26.2. The Morgan fingerprint density at radius 1 is 1.03 bits per heavy atom. The maximum atomic E-state index is 11.9.